The summed E-state index contributed by atoms with van der Waals surface area (Å²) in [6.45, 7) is 4.31. The number of hydrogen-bond acceptors (Lipinski definition) is 1. The van der Waals surface area contributed by atoms with Gasteiger partial charge in [-0.1, -0.05) is 61.9 Å². The molecule has 0 aliphatic rings. The third-order valence-electron chi connectivity index (χ3n) is 3.71. The predicted octanol–water partition coefficient (Wildman–Crippen LogP) is 4.80. The van der Waals surface area contributed by atoms with Gasteiger partial charge in [-0.3, -0.25) is 0 Å². The Bertz CT molecular complexity index is 712. The van der Waals surface area contributed by atoms with Gasteiger partial charge < -0.3 is 0 Å². The molecule has 0 radical (unpaired) electrons. The molecule has 3 aromatic rings. The van der Waals surface area contributed by atoms with Gasteiger partial charge in [0, 0.05) is 5.56 Å². The maximum absolute atomic E-state index is 4.79. The highest BCUT2D eigenvalue weighted by atomic mass is 15.3. The molecule has 1 aromatic heterocycles. The van der Waals surface area contributed by atoms with Crippen molar-refractivity contribution in [1.29, 1.82) is 0 Å². The average Bonchev–Trinajstić information content (AvgIpc) is 2.86. The van der Waals surface area contributed by atoms with E-state index in [1.54, 1.807) is 0 Å². The molecular weight excluding hydrogens is 256 g/mol. The molecule has 0 aliphatic heterocycles. The smallest absolute Gasteiger partial charge is 0.0679 e. The van der Waals surface area contributed by atoms with Crippen LogP contribution in [0.5, 0.6) is 0 Å². The predicted molar refractivity (Wildman–Crippen MR) is 87.7 cm³/mol. The standard InChI is InChI=1S/C19H20N2/c1-3-10-18-19(16-11-6-4-7-12-16)15(2)20-21(18)17-13-8-5-9-14-17/h4-9,11-14H,3,10H2,1-2H3. The molecular formula is C19H20N2. The van der Waals surface area contributed by atoms with E-state index in [1.807, 2.05) is 6.07 Å². The molecule has 0 unspecified atom stereocenters. The van der Waals surface area contributed by atoms with Gasteiger partial charge in [0.25, 0.3) is 0 Å². The fraction of sp³-hybridized carbons (Fsp3) is 0.211. The number of nitrogens with zero attached hydrogens (tertiary/aromatic N) is 2. The number of rotatable bonds is 4. The molecule has 0 spiro atoms. The van der Waals surface area contributed by atoms with E-state index in [0.29, 0.717) is 0 Å². The normalized spacial score (nSPS) is 10.8. The van der Waals surface area contributed by atoms with Crippen LogP contribution >= 0.6 is 0 Å². The van der Waals surface area contributed by atoms with Gasteiger partial charge in [-0.25, -0.2) is 4.68 Å². The van der Waals surface area contributed by atoms with Gasteiger partial charge in [0.05, 0.1) is 17.1 Å². The second-order valence-corrected chi connectivity index (χ2v) is 5.27. The van der Waals surface area contributed by atoms with E-state index in [0.717, 1.165) is 24.2 Å². The van der Waals surface area contributed by atoms with Crippen LogP contribution < -0.4 is 0 Å². The summed E-state index contributed by atoms with van der Waals surface area (Å²) >= 11 is 0. The monoisotopic (exact) mass is 276 g/mol. The SMILES string of the molecule is CCCc1c(-c2ccccc2)c(C)nn1-c1ccccc1. The van der Waals surface area contributed by atoms with Gasteiger partial charge in [-0.15, -0.1) is 0 Å². The molecule has 3 rings (SSSR count). The molecule has 106 valence electrons. The number of aryl methyl sites for hydroxylation is 1. The molecule has 0 saturated carbocycles. The highest BCUT2D eigenvalue weighted by molar-refractivity contribution is 5.69. The van der Waals surface area contributed by atoms with Crippen molar-refractivity contribution >= 4 is 0 Å². The lowest BCUT2D eigenvalue weighted by molar-refractivity contribution is 0.770. The lowest BCUT2D eigenvalue weighted by atomic mass is 10.0. The average molecular weight is 276 g/mol. The molecule has 0 bridgehead atoms. The fourth-order valence-electron chi connectivity index (χ4n) is 2.81. The Balaban J connectivity index is 2.20. The van der Waals surface area contributed by atoms with Crippen molar-refractivity contribution in [3.05, 3.63) is 72.1 Å². The third kappa shape index (κ3) is 2.62. The summed E-state index contributed by atoms with van der Waals surface area (Å²) in [7, 11) is 0. The zero-order valence-electron chi connectivity index (χ0n) is 12.6. The van der Waals surface area contributed by atoms with Crippen molar-refractivity contribution in [3.63, 3.8) is 0 Å². The lowest BCUT2D eigenvalue weighted by Gasteiger charge is -2.09. The van der Waals surface area contributed by atoms with Crippen molar-refractivity contribution in [2.75, 3.05) is 0 Å². The zero-order chi connectivity index (χ0) is 14.7. The van der Waals surface area contributed by atoms with Gasteiger partial charge in [-0.05, 0) is 31.0 Å². The highest BCUT2D eigenvalue weighted by Crippen LogP contribution is 2.30. The summed E-state index contributed by atoms with van der Waals surface area (Å²) in [4.78, 5) is 0. The number of para-hydroxylation sites is 1. The zero-order valence-corrected chi connectivity index (χ0v) is 12.6. The Morgan fingerprint density at radius 3 is 2.14 bits per heavy atom. The molecule has 0 N–H and O–H groups in total. The molecule has 0 saturated heterocycles. The minimum Gasteiger partial charge on any atom is -0.237 e. The first kappa shape index (κ1) is 13.6. The van der Waals surface area contributed by atoms with Crippen LogP contribution in [0.1, 0.15) is 24.7 Å². The lowest BCUT2D eigenvalue weighted by Crippen LogP contribution is -2.02. The van der Waals surface area contributed by atoms with E-state index in [9.17, 15) is 0 Å². The molecule has 0 aliphatic carbocycles. The number of aromatic nitrogens is 2. The Labute approximate surface area is 126 Å². The van der Waals surface area contributed by atoms with Gasteiger partial charge in [0.1, 0.15) is 0 Å². The molecule has 2 aromatic carbocycles. The van der Waals surface area contributed by atoms with Crippen LogP contribution in [0.3, 0.4) is 0 Å². The van der Waals surface area contributed by atoms with E-state index in [4.69, 9.17) is 5.10 Å². The first-order valence-corrected chi connectivity index (χ1v) is 7.50. The summed E-state index contributed by atoms with van der Waals surface area (Å²) in [5, 5.41) is 4.79. The van der Waals surface area contributed by atoms with Crippen molar-refractivity contribution in [2.45, 2.75) is 26.7 Å². The van der Waals surface area contributed by atoms with Crippen molar-refractivity contribution in [2.24, 2.45) is 0 Å². The highest BCUT2D eigenvalue weighted by Gasteiger charge is 2.16. The van der Waals surface area contributed by atoms with Gasteiger partial charge >= 0.3 is 0 Å². The van der Waals surface area contributed by atoms with Crippen LogP contribution in [0.4, 0.5) is 0 Å². The molecule has 0 fully saturated rings. The second-order valence-electron chi connectivity index (χ2n) is 5.27. The minimum atomic E-state index is 1.03. The Morgan fingerprint density at radius 2 is 1.52 bits per heavy atom. The van der Waals surface area contributed by atoms with Crippen LogP contribution in [0.2, 0.25) is 0 Å². The molecule has 1 heterocycles. The largest absolute Gasteiger partial charge is 0.237 e. The first-order valence-electron chi connectivity index (χ1n) is 7.50. The van der Waals surface area contributed by atoms with Crippen LogP contribution in [0.15, 0.2) is 60.7 Å². The van der Waals surface area contributed by atoms with Crippen molar-refractivity contribution < 1.29 is 0 Å². The molecule has 2 nitrogen and oxygen atoms in total. The van der Waals surface area contributed by atoms with Crippen molar-refractivity contribution in [3.8, 4) is 16.8 Å². The van der Waals surface area contributed by atoms with Gasteiger partial charge in [0.15, 0.2) is 0 Å². The quantitative estimate of drug-likeness (QED) is 0.669. The second kappa shape index (κ2) is 5.96. The molecule has 0 atom stereocenters. The third-order valence-corrected chi connectivity index (χ3v) is 3.71. The van der Waals surface area contributed by atoms with E-state index in [1.165, 1.54) is 16.8 Å². The molecule has 2 heteroatoms. The van der Waals surface area contributed by atoms with Crippen LogP contribution in [-0.2, 0) is 6.42 Å². The summed E-state index contributed by atoms with van der Waals surface area (Å²) in [6, 6.07) is 20.9. The summed E-state index contributed by atoms with van der Waals surface area (Å²) < 4.78 is 2.10. The fourth-order valence-corrected chi connectivity index (χ4v) is 2.81. The summed E-state index contributed by atoms with van der Waals surface area (Å²) in [5.41, 5.74) is 6.05. The van der Waals surface area contributed by atoms with E-state index >= 15 is 0 Å². The molecule has 0 amide bonds. The Hall–Kier alpha value is -2.35. The number of hydrogen-bond donors (Lipinski definition) is 0. The Kier molecular flexibility index (Phi) is 3.87. The number of benzene rings is 2. The minimum absolute atomic E-state index is 1.03. The van der Waals surface area contributed by atoms with Crippen LogP contribution in [0.25, 0.3) is 16.8 Å². The maximum atomic E-state index is 4.79. The van der Waals surface area contributed by atoms with Gasteiger partial charge in [-0.2, -0.15) is 5.10 Å². The van der Waals surface area contributed by atoms with E-state index < -0.39 is 0 Å². The Morgan fingerprint density at radius 1 is 0.905 bits per heavy atom. The first-order chi connectivity index (χ1) is 10.3. The van der Waals surface area contributed by atoms with E-state index in [-0.39, 0.29) is 0 Å². The topological polar surface area (TPSA) is 17.8 Å². The van der Waals surface area contributed by atoms with Gasteiger partial charge in [0.2, 0.25) is 0 Å². The molecule has 21 heavy (non-hydrogen) atoms. The van der Waals surface area contributed by atoms with Crippen molar-refractivity contribution in [1.82, 2.24) is 9.78 Å². The maximum Gasteiger partial charge on any atom is 0.0679 e. The van der Waals surface area contributed by atoms with Crippen LogP contribution in [-0.4, -0.2) is 9.78 Å². The summed E-state index contributed by atoms with van der Waals surface area (Å²) in [6.07, 6.45) is 2.14. The van der Waals surface area contributed by atoms with E-state index in [2.05, 4.69) is 73.1 Å². The summed E-state index contributed by atoms with van der Waals surface area (Å²) in [5.74, 6) is 0. The van der Waals surface area contributed by atoms with Crippen LogP contribution in [0, 0.1) is 6.92 Å².